The third kappa shape index (κ3) is 1.60. The van der Waals surface area contributed by atoms with Gasteiger partial charge in [-0.05, 0) is 19.4 Å². The van der Waals surface area contributed by atoms with Gasteiger partial charge in [0.1, 0.15) is 0 Å². The van der Waals surface area contributed by atoms with Gasteiger partial charge in [-0.1, -0.05) is 19.1 Å². The van der Waals surface area contributed by atoms with E-state index in [4.69, 9.17) is 0 Å². The van der Waals surface area contributed by atoms with E-state index in [0.29, 0.717) is 6.04 Å². The van der Waals surface area contributed by atoms with Gasteiger partial charge in [0.25, 0.3) is 0 Å². The maximum absolute atomic E-state index is 3.34. The van der Waals surface area contributed by atoms with Gasteiger partial charge in [-0.15, -0.1) is 0 Å². The van der Waals surface area contributed by atoms with Gasteiger partial charge < -0.3 is 5.32 Å². The van der Waals surface area contributed by atoms with Gasteiger partial charge in [-0.25, -0.2) is 0 Å². The molecule has 0 bridgehead atoms. The van der Waals surface area contributed by atoms with Gasteiger partial charge in [0.2, 0.25) is 0 Å². The average molecular weight is 123 g/mol. The highest BCUT2D eigenvalue weighted by Gasteiger charge is 2.01. The molecule has 1 aliphatic rings. The van der Waals surface area contributed by atoms with Crippen molar-refractivity contribution < 1.29 is 0 Å². The van der Waals surface area contributed by atoms with E-state index in [-0.39, 0.29) is 0 Å². The van der Waals surface area contributed by atoms with E-state index in [0.717, 1.165) is 0 Å². The van der Waals surface area contributed by atoms with Crippen LogP contribution >= 0.6 is 0 Å². The van der Waals surface area contributed by atoms with Crippen LogP contribution in [-0.2, 0) is 0 Å². The van der Waals surface area contributed by atoms with Crippen LogP contribution in [-0.4, -0.2) is 6.04 Å². The second-order valence-corrected chi connectivity index (χ2v) is 2.39. The molecule has 0 aromatic rings. The molecule has 1 atom stereocenters. The normalized spacial score (nSPS) is 25.1. The van der Waals surface area contributed by atoms with Crippen LogP contribution in [0.4, 0.5) is 0 Å². The third-order valence-electron chi connectivity index (χ3n) is 1.54. The van der Waals surface area contributed by atoms with Gasteiger partial charge in [0, 0.05) is 11.7 Å². The van der Waals surface area contributed by atoms with Gasteiger partial charge in [0.15, 0.2) is 0 Å². The second-order valence-electron chi connectivity index (χ2n) is 2.39. The highest BCUT2D eigenvalue weighted by atomic mass is 14.9. The van der Waals surface area contributed by atoms with Crippen LogP contribution in [0.5, 0.6) is 0 Å². The highest BCUT2D eigenvalue weighted by Crippen LogP contribution is 2.03. The van der Waals surface area contributed by atoms with Crippen molar-refractivity contribution in [3.8, 4) is 0 Å². The molecule has 1 heteroatoms. The second kappa shape index (κ2) is 2.72. The van der Waals surface area contributed by atoms with Gasteiger partial charge in [-0.2, -0.15) is 0 Å². The molecule has 0 saturated carbocycles. The summed E-state index contributed by atoms with van der Waals surface area (Å²) in [6, 6.07) is 0.565. The minimum Gasteiger partial charge on any atom is -0.382 e. The molecule has 1 unspecified atom stereocenters. The Morgan fingerprint density at radius 3 is 2.89 bits per heavy atom. The number of nitrogens with one attached hydrogen (secondary N) is 1. The zero-order chi connectivity index (χ0) is 6.69. The molecule has 1 rings (SSSR count). The number of rotatable bonds is 1. The van der Waals surface area contributed by atoms with Gasteiger partial charge in [-0.3, -0.25) is 0 Å². The van der Waals surface area contributed by atoms with Crippen LogP contribution in [0.3, 0.4) is 0 Å². The molecular formula is C8H13N. The van der Waals surface area contributed by atoms with Crippen molar-refractivity contribution in [2.24, 2.45) is 0 Å². The lowest BCUT2D eigenvalue weighted by atomic mass is 10.1. The van der Waals surface area contributed by atoms with E-state index in [9.17, 15) is 0 Å². The van der Waals surface area contributed by atoms with Crippen molar-refractivity contribution in [1.29, 1.82) is 0 Å². The minimum atomic E-state index is 0.565. The number of hydrogen-bond acceptors (Lipinski definition) is 1. The van der Waals surface area contributed by atoms with E-state index in [1.54, 1.807) is 0 Å². The van der Waals surface area contributed by atoms with Crippen molar-refractivity contribution in [3.05, 3.63) is 23.9 Å². The van der Waals surface area contributed by atoms with E-state index < -0.39 is 0 Å². The van der Waals surface area contributed by atoms with E-state index in [1.807, 2.05) is 0 Å². The zero-order valence-corrected chi connectivity index (χ0v) is 6.02. The van der Waals surface area contributed by atoms with Crippen LogP contribution < -0.4 is 5.32 Å². The Bertz CT molecular complexity index is 145. The zero-order valence-electron chi connectivity index (χ0n) is 6.02. The van der Waals surface area contributed by atoms with Crippen LogP contribution in [0.15, 0.2) is 23.9 Å². The topological polar surface area (TPSA) is 12.0 Å². The molecule has 1 heterocycles. The predicted octanol–water partition coefficient (Wildman–Crippen LogP) is 1.83. The molecule has 1 aliphatic heterocycles. The lowest BCUT2D eigenvalue weighted by Crippen LogP contribution is -2.26. The fraction of sp³-hybridized carbons (Fsp3) is 0.500. The summed E-state index contributed by atoms with van der Waals surface area (Å²) in [6.07, 6.45) is 7.56. The fourth-order valence-corrected chi connectivity index (χ4v) is 0.961. The van der Waals surface area contributed by atoms with Crippen molar-refractivity contribution in [2.75, 3.05) is 0 Å². The number of hydrogen-bond donors (Lipinski definition) is 1. The largest absolute Gasteiger partial charge is 0.382 e. The number of allylic oxidation sites excluding steroid dienone is 3. The van der Waals surface area contributed by atoms with E-state index in [2.05, 4.69) is 37.4 Å². The molecule has 9 heavy (non-hydrogen) atoms. The first kappa shape index (κ1) is 6.40. The third-order valence-corrected chi connectivity index (χ3v) is 1.54. The Morgan fingerprint density at radius 1 is 1.67 bits per heavy atom. The van der Waals surface area contributed by atoms with Crippen molar-refractivity contribution in [1.82, 2.24) is 5.32 Å². The molecule has 1 nitrogen and oxygen atoms in total. The summed E-state index contributed by atoms with van der Waals surface area (Å²) in [5.74, 6) is 0. The molecule has 1 N–H and O–H groups in total. The van der Waals surface area contributed by atoms with Crippen molar-refractivity contribution >= 4 is 0 Å². The standard InChI is InChI=1S/C8H13N/c1-3-8-6-4-5-7(2)9-8/h4-6,8-9H,3H2,1-2H3. The predicted molar refractivity (Wildman–Crippen MR) is 40.1 cm³/mol. The molecule has 0 radical (unpaired) electrons. The summed E-state index contributed by atoms with van der Waals surface area (Å²) in [5, 5.41) is 3.34. The summed E-state index contributed by atoms with van der Waals surface area (Å²) < 4.78 is 0. The quantitative estimate of drug-likeness (QED) is 0.561. The molecule has 0 fully saturated rings. The molecule has 0 spiro atoms. The summed E-state index contributed by atoms with van der Waals surface area (Å²) in [5.41, 5.74) is 1.27. The first-order valence-electron chi connectivity index (χ1n) is 3.44. The summed E-state index contributed by atoms with van der Waals surface area (Å²) in [6.45, 7) is 4.27. The monoisotopic (exact) mass is 123 g/mol. The summed E-state index contributed by atoms with van der Waals surface area (Å²) >= 11 is 0. The fourth-order valence-electron chi connectivity index (χ4n) is 0.961. The molecule has 0 amide bonds. The lowest BCUT2D eigenvalue weighted by Gasteiger charge is -2.17. The lowest BCUT2D eigenvalue weighted by molar-refractivity contribution is 0.641. The minimum absolute atomic E-state index is 0.565. The molecule has 0 saturated heterocycles. The molecule has 0 aliphatic carbocycles. The number of dihydropyridines is 1. The molecule has 0 aromatic heterocycles. The maximum atomic E-state index is 3.34. The summed E-state index contributed by atoms with van der Waals surface area (Å²) in [7, 11) is 0. The Hall–Kier alpha value is -0.720. The van der Waals surface area contributed by atoms with Crippen molar-refractivity contribution in [2.45, 2.75) is 26.3 Å². The van der Waals surface area contributed by atoms with Crippen LogP contribution in [0.1, 0.15) is 20.3 Å². The Labute approximate surface area is 56.5 Å². The molecular weight excluding hydrogens is 110 g/mol. The SMILES string of the molecule is CCC1C=CC=C(C)N1. The maximum Gasteiger partial charge on any atom is 0.0441 e. The van der Waals surface area contributed by atoms with Crippen LogP contribution in [0.25, 0.3) is 0 Å². The molecule has 0 aromatic carbocycles. The van der Waals surface area contributed by atoms with Gasteiger partial charge in [0.05, 0.1) is 0 Å². The Kier molecular flexibility index (Phi) is 1.93. The smallest absolute Gasteiger partial charge is 0.0441 e. The summed E-state index contributed by atoms with van der Waals surface area (Å²) in [4.78, 5) is 0. The Balaban J connectivity index is 2.51. The van der Waals surface area contributed by atoms with E-state index >= 15 is 0 Å². The van der Waals surface area contributed by atoms with E-state index in [1.165, 1.54) is 12.1 Å². The van der Waals surface area contributed by atoms with Gasteiger partial charge >= 0.3 is 0 Å². The average Bonchev–Trinajstić information content (AvgIpc) is 1.88. The Morgan fingerprint density at radius 2 is 2.44 bits per heavy atom. The first-order valence-corrected chi connectivity index (χ1v) is 3.44. The van der Waals surface area contributed by atoms with Crippen LogP contribution in [0.2, 0.25) is 0 Å². The molecule has 50 valence electrons. The van der Waals surface area contributed by atoms with Crippen molar-refractivity contribution in [3.63, 3.8) is 0 Å². The van der Waals surface area contributed by atoms with Crippen LogP contribution in [0, 0.1) is 0 Å². The first-order chi connectivity index (χ1) is 4.33. The highest BCUT2D eigenvalue weighted by molar-refractivity contribution is 5.17.